The van der Waals surface area contributed by atoms with Crippen LogP contribution in [0.5, 0.6) is 0 Å². The smallest absolute Gasteiger partial charge is 0.383 e. The Hall–Kier alpha value is -1.45. The van der Waals surface area contributed by atoms with E-state index < -0.39 is 7.82 Å². The van der Waals surface area contributed by atoms with E-state index in [1.165, 1.54) is 11.1 Å². The number of aryl methyl sites for hydroxylation is 1. The molecule has 0 radical (unpaired) electrons. The summed E-state index contributed by atoms with van der Waals surface area (Å²) in [4.78, 5) is 38.4. The SMILES string of the molecule is C/C(=C(/S)CCOP(=O)(O)O)N(C=O)Cc1cnc(C)nc1N. The summed E-state index contributed by atoms with van der Waals surface area (Å²) in [5, 5.41) is 0. The van der Waals surface area contributed by atoms with Gasteiger partial charge in [-0.25, -0.2) is 14.5 Å². The fraction of sp³-hybridized carbons (Fsp3) is 0.417. The molecule has 0 bridgehead atoms. The zero-order valence-electron chi connectivity index (χ0n) is 12.7. The Morgan fingerprint density at radius 1 is 1.57 bits per heavy atom. The molecule has 0 spiro atoms. The molecule has 0 aliphatic carbocycles. The molecule has 1 aromatic rings. The van der Waals surface area contributed by atoms with Crippen molar-refractivity contribution in [2.24, 2.45) is 0 Å². The van der Waals surface area contributed by atoms with Crippen LogP contribution in [0, 0.1) is 6.92 Å². The lowest BCUT2D eigenvalue weighted by atomic mass is 10.2. The molecular weight excluding hydrogens is 343 g/mol. The fourth-order valence-corrected chi connectivity index (χ4v) is 2.21. The van der Waals surface area contributed by atoms with E-state index in [1.807, 2.05) is 0 Å². The summed E-state index contributed by atoms with van der Waals surface area (Å²) >= 11 is 4.24. The predicted molar refractivity (Wildman–Crippen MR) is 87.1 cm³/mol. The van der Waals surface area contributed by atoms with Crippen LogP contribution in [-0.4, -0.2) is 37.7 Å². The largest absolute Gasteiger partial charge is 0.469 e. The number of phosphoric acid groups is 1. The van der Waals surface area contributed by atoms with E-state index in [4.69, 9.17) is 15.5 Å². The van der Waals surface area contributed by atoms with Gasteiger partial charge in [-0.2, -0.15) is 0 Å². The molecule has 0 aliphatic rings. The van der Waals surface area contributed by atoms with E-state index in [-0.39, 0.29) is 25.4 Å². The molecule has 0 aliphatic heterocycles. The Labute approximate surface area is 139 Å². The van der Waals surface area contributed by atoms with E-state index >= 15 is 0 Å². The van der Waals surface area contributed by atoms with Gasteiger partial charge in [0.2, 0.25) is 6.41 Å². The van der Waals surface area contributed by atoms with Crippen LogP contribution in [-0.2, 0) is 20.4 Å². The molecule has 0 saturated carbocycles. The zero-order valence-corrected chi connectivity index (χ0v) is 14.5. The Balaban J connectivity index is 2.80. The third-order valence-corrected chi connectivity index (χ3v) is 4.00. The fourth-order valence-electron chi connectivity index (χ4n) is 1.66. The van der Waals surface area contributed by atoms with Crippen molar-refractivity contribution >= 4 is 32.7 Å². The second-order valence-electron chi connectivity index (χ2n) is 4.67. The molecule has 0 saturated heterocycles. The zero-order chi connectivity index (χ0) is 17.6. The van der Waals surface area contributed by atoms with Crippen molar-refractivity contribution in [1.82, 2.24) is 14.9 Å². The Morgan fingerprint density at radius 2 is 2.22 bits per heavy atom. The van der Waals surface area contributed by atoms with Gasteiger partial charge in [-0.1, -0.05) is 0 Å². The third kappa shape index (κ3) is 6.67. The molecule has 23 heavy (non-hydrogen) atoms. The summed E-state index contributed by atoms with van der Waals surface area (Å²) in [5.41, 5.74) is 6.88. The highest BCUT2D eigenvalue weighted by atomic mass is 32.1. The summed E-state index contributed by atoms with van der Waals surface area (Å²) in [6.07, 6.45) is 2.29. The summed E-state index contributed by atoms with van der Waals surface area (Å²) in [6.45, 7) is 3.29. The van der Waals surface area contributed by atoms with Crippen LogP contribution >= 0.6 is 20.5 Å². The van der Waals surface area contributed by atoms with Crippen LogP contribution in [0.25, 0.3) is 0 Å². The number of thiol groups is 1. The Bertz CT molecular complexity index is 648. The minimum absolute atomic E-state index is 0.143. The van der Waals surface area contributed by atoms with E-state index in [9.17, 15) is 9.36 Å². The third-order valence-electron chi connectivity index (χ3n) is 2.93. The average molecular weight is 362 g/mol. The van der Waals surface area contributed by atoms with Gasteiger partial charge in [0.05, 0.1) is 13.2 Å². The molecule has 9 nitrogen and oxygen atoms in total. The van der Waals surface area contributed by atoms with Gasteiger partial charge in [0.25, 0.3) is 0 Å². The summed E-state index contributed by atoms with van der Waals surface area (Å²) in [5.74, 6) is 0.809. The van der Waals surface area contributed by atoms with Crippen LogP contribution in [0.4, 0.5) is 5.82 Å². The molecule has 0 unspecified atom stereocenters. The molecule has 4 N–H and O–H groups in total. The minimum Gasteiger partial charge on any atom is -0.383 e. The summed E-state index contributed by atoms with van der Waals surface area (Å²) in [7, 11) is -4.52. The normalized spacial score (nSPS) is 12.7. The number of nitrogens with zero attached hydrogens (tertiary/aromatic N) is 3. The van der Waals surface area contributed by atoms with Gasteiger partial charge in [0.15, 0.2) is 0 Å². The molecular formula is C12H19N4O5PS. The van der Waals surface area contributed by atoms with Crippen molar-refractivity contribution in [2.75, 3.05) is 12.3 Å². The molecule has 0 aromatic carbocycles. The Morgan fingerprint density at radius 3 is 2.74 bits per heavy atom. The van der Waals surface area contributed by atoms with Crippen molar-refractivity contribution in [1.29, 1.82) is 0 Å². The molecule has 0 atom stereocenters. The first kappa shape index (κ1) is 19.6. The highest BCUT2D eigenvalue weighted by Gasteiger charge is 2.15. The number of hydrogen-bond donors (Lipinski definition) is 4. The monoisotopic (exact) mass is 362 g/mol. The number of carbonyl (C=O) groups excluding carboxylic acids is 1. The van der Waals surface area contributed by atoms with Gasteiger partial charge in [0.1, 0.15) is 11.6 Å². The van der Waals surface area contributed by atoms with Crippen molar-refractivity contribution in [3.05, 3.63) is 28.2 Å². The van der Waals surface area contributed by atoms with Gasteiger partial charge >= 0.3 is 7.82 Å². The highest BCUT2D eigenvalue weighted by Crippen LogP contribution is 2.36. The molecule has 0 fully saturated rings. The maximum atomic E-state index is 11.3. The van der Waals surface area contributed by atoms with E-state index in [1.54, 1.807) is 13.8 Å². The van der Waals surface area contributed by atoms with Crippen molar-refractivity contribution in [3.8, 4) is 0 Å². The quantitative estimate of drug-likeness (QED) is 0.305. The van der Waals surface area contributed by atoms with Crippen LogP contribution in [0.15, 0.2) is 16.8 Å². The lowest BCUT2D eigenvalue weighted by Crippen LogP contribution is -2.21. The van der Waals surface area contributed by atoms with Gasteiger partial charge in [-0.15, -0.1) is 12.6 Å². The number of anilines is 1. The van der Waals surface area contributed by atoms with Crippen LogP contribution in [0.2, 0.25) is 0 Å². The van der Waals surface area contributed by atoms with E-state index in [0.717, 1.165) is 0 Å². The average Bonchev–Trinajstić information content (AvgIpc) is 2.44. The number of phosphoric ester groups is 1. The maximum Gasteiger partial charge on any atom is 0.469 e. The number of nitrogen functional groups attached to an aromatic ring is 1. The Kier molecular flexibility index (Phi) is 7.17. The first-order chi connectivity index (χ1) is 10.6. The maximum absolute atomic E-state index is 11.3. The van der Waals surface area contributed by atoms with Crippen molar-refractivity contribution in [2.45, 2.75) is 26.8 Å². The lowest BCUT2D eigenvalue weighted by molar-refractivity contribution is -0.116. The molecule has 1 rings (SSSR count). The van der Waals surface area contributed by atoms with Gasteiger partial charge in [-0.05, 0) is 13.8 Å². The number of carbonyl (C=O) groups is 1. The van der Waals surface area contributed by atoms with E-state index in [2.05, 4.69) is 27.1 Å². The molecule has 1 aromatic heterocycles. The number of aromatic nitrogens is 2. The van der Waals surface area contributed by atoms with Gasteiger partial charge in [0, 0.05) is 28.8 Å². The summed E-state index contributed by atoms with van der Waals surface area (Å²) in [6, 6.07) is 0. The molecule has 128 valence electrons. The minimum atomic E-state index is -4.52. The summed E-state index contributed by atoms with van der Waals surface area (Å²) < 4.78 is 15.0. The first-order valence-electron chi connectivity index (χ1n) is 6.52. The molecule has 11 heteroatoms. The number of rotatable bonds is 8. The van der Waals surface area contributed by atoms with Crippen molar-refractivity contribution in [3.63, 3.8) is 0 Å². The lowest BCUT2D eigenvalue weighted by Gasteiger charge is -2.21. The van der Waals surface area contributed by atoms with Crippen molar-refractivity contribution < 1.29 is 23.7 Å². The number of nitrogens with two attached hydrogens (primary N) is 1. The second-order valence-corrected chi connectivity index (χ2v) is 6.45. The van der Waals surface area contributed by atoms with E-state index in [0.29, 0.717) is 28.4 Å². The van der Waals surface area contributed by atoms with Crippen LogP contribution < -0.4 is 5.73 Å². The topological polar surface area (TPSA) is 139 Å². The first-order valence-corrected chi connectivity index (χ1v) is 8.50. The van der Waals surface area contributed by atoms with Gasteiger partial charge < -0.3 is 20.4 Å². The molecule has 1 amide bonds. The van der Waals surface area contributed by atoms with Gasteiger partial charge in [-0.3, -0.25) is 9.32 Å². The standard InChI is InChI=1S/C12H19N4O5PS/c1-8(11(23)3-4-21-22(18,19)20)16(7-17)6-10-5-14-9(2)15-12(10)13/h5,7,23H,3-4,6H2,1-2H3,(H2,13,14,15)(H2,18,19,20)/b11-8-. The number of allylic oxidation sites excluding steroid dienone is 1. The van der Waals surface area contributed by atoms with Crippen LogP contribution in [0.1, 0.15) is 24.7 Å². The highest BCUT2D eigenvalue weighted by molar-refractivity contribution is 7.84. The van der Waals surface area contributed by atoms with Crippen LogP contribution in [0.3, 0.4) is 0 Å². The molecule has 1 heterocycles. The second kappa shape index (κ2) is 8.42. The predicted octanol–water partition coefficient (Wildman–Crippen LogP) is 0.986. The number of hydrogen-bond acceptors (Lipinski definition) is 7. The number of amides is 1.